The average Bonchev–Trinajstić information content (AvgIpc) is 3.31. The molecule has 2 aromatic heterocycles. The van der Waals surface area contributed by atoms with E-state index in [0.717, 1.165) is 22.5 Å². The quantitative estimate of drug-likeness (QED) is 0.377. The summed E-state index contributed by atoms with van der Waals surface area (Å²) in [5.74, 6) is 0.345. The number of hydrogen-bond donors (Lipinski definition) is 3. The molecular formula is C25H24FN5O. The number of benzene rings is 2. The van der Waals surface area contributed by atoms with E-state index in [2.05, 4.69) is 27.2 Å². The van der Waals surface area contributed by atoms with Gasteiger partial charge in [-0.25, -0.2) is 14.4 Å². The maximum absolute atomic E-state index is 13.1. The van der Waals surface area contributed by atoms with Crippen molar-refractivity contribution in [2.24, 2.45) is 0 Å². The van der Waals surface area contributed by atoms with Gasteiger partial charge in [0.05, 0.1) is 30.4 Å². The first-order valence-corrected chi connectivity index (χ1v) is 10.2. The first-order valence-electron chi connectivity index (χ1n) is 10.2. The Kier molecular flexibility index (Phi) is 6.28. The highest BCUT2D eigenvalue weighted by molar-refractivity contribution is 5.61. The largest absolute Gasteiger partial charge is 0.394 e. The van der Waals surface area contributed by atoms with Crippen molar-refractivity contribution in [1.82, 2.24) is 19.9 Å². The van der Waals surface area contributed by atoms with E-state index >= 15 is 0 Å². The standard InChI is InChI=1S/C25H24FN5O/c1-17-13-27-25(30-21-10-8-20(26)9-11-21)12-24(17)31-14-22(28-16-31)18(2)29-23(15-32)19-6-4-3-5-7-19/h3-14,16,23,29,32H,2,15H2,1H3,(H,27,30). The summed E-state index contributed by atoms with van der Waals surface area (Å²) < 4.78 is 15.0. The van der Waals surface area contributed by atoms with Crippen molar-refractivity contribution < 1.29 is 9.50 Å². The number of rotatable bonds is 8. The zero-order chi connectivity index (χ0) is 22.5. The van der Waals surface area contributed by atoms with Crippen LogP contribution in [0.25, 0.3) is 11.4 Å². The number of aliphatic hydroxyl groups is 1. The van der Waals surface area contributed by atoms with Crippen LogP contribution in [0.15, 0.2) is 86.0 Å². The van der Waals surface area contributed by atoms with Crippen LogP contribution in [0.4, 0.5) is 15.9 Å². The molecular weight excluding hydrogens is 405 g/mol. The normalized spacial score (nSPS) is 11.7. The number of nitrogens with one attached hydrogen (secondary N) is 2. The molecule has 2 heterocycles. The zero-order valence-electron chi connectivity index (χ0n) is 17.7. The molecule has 0 aliphatic rings. The van der Waals surface area contributed by atoms with Gasteiger partial charge in [-0.3, -0.25) is 0 Å². The summed E-state index contributed by atoms with van der Waals surface area (Å²) in [5.41, 5.74) is 4.87. The van der Waals surface area contributed by atoms with Gasteiger partial charge in [0.15, 0.2) is 0 Å². The predicted octanol–water partition coefficient (Wildman–Crippen LogP) is 4.75. The molecule has 0 radical (unpaired) electrons. The summed E-state index contributed by atoms with van der Waals surface area (Å²) in [5, 5.41) is 16.2. The van der Waals surface area contributed by atoms with Gasteiger partial charge in [0.1, 0.15) is 17.3 Å². The molecule has 1 unspecified atom stereocenters. The monoisotopic (exact) mass is 429 g/mol. The Morgan fingerprint density at radius 3 is 2.59 bits per heavy atom. The lowest BCUT2D eigenvalue weighted by Crippen LogP contribution is -2.22. The van der Waals surface area contributed by atoms with E-state index in [1.807, 2.05) is 54.1 Å². The number of halogens is 1. The van der Waals surface area contributed by atoms with Crippen LogP contribution in [0.1, 0.15) is 22.9 Å². The lowest BCUT2D eigenvalue weighted by atomic mass is 10.1. The van der Waals surface area contributed by atoms with E-state index in [9.17, 15) is 9.50 Å². The number of pyridine rings is 1. The molecule has 7 heteroatoms. The number of aliphatic hydroxyl groups excluding tert-OH is 1. The Morgan fingerprint density at radius 1 is 1.12 bits per heavy atom. The van der Waals surface area contributed by atoms with Crippen molar-refractivity contribution in [3.05, 3.63) is 109 Å². The third kappa shape index (κ3) is 4.84. The molecule has 0 bridgehead atoms. The van der Waals surface area contributed by atoms with E-state index in [0.29, 0.717) is 17.2 Å². The van der Waals surface area contributed by atoms with E-state index in [-0.39, 0.29) is 18.5 Å². The molecule has 3 N–H and O–H groups in total. The van der Waals surface area contributed by atoms with Gasteiger partial charge < -0.3 is 20.3 Å². The molecule has 4 aromatic rings. The first-order chi connectivity index (χ1) is 15.5. The molecule has 6 nitrogen and oxygen atoms in total. The van der Waals surface area contributed by atoms with E-state index in [1.54, 1.807) is 24.7 Å². The van der Waals surface area contributed by atoms with Crippen molar-refractivity contribution in [3.8, 4) is 5.69 Å². The van der Waals surface area contributed by atoms with Gasteiger partial charge in [-0.1, -0.05) is 36.9 Å². The highest BCUT2D eigenvalue weighted by atomic mass is 19.1. The number of imidazole rings is 1. The van der Waals surface area contributed by atoms with Gasteiger partial charge in [0.25, 0.3) is 0 Å². The Balaban J connectivity index is 1.52. The number of anilines is 2. The number of aromatic nitrogens is 3. The second-order valence-corrected chi connectivity index (χ2v) is 7.42. The molecule has 2 aromatic carbocycles. The molecule has 0 spiro atoms. The zero-order valence-corrected chi connectivity index (χ0v) is 17.7. The molecule has 0 aliphatic heterocycles. The molecule has 0 amide bonds. The minimum absolute atomic E-state index is 0.0639. The second kappa shape index (κ2) is 9.45. The fourth-order valence-electron chi connectivity index (χ4n) is 3.36. The number of nitrogens with zero attached hydrogens (tertiary/aromatic N) is 3. The smallest absolute Gasteiger partial charge is 0.132 e. The van der Waals surface area contributed by atoms with Gasteiger partial charge in [-0.05, 0) is 42.3 Å². The van der Waals surface area contributed by atoms with Crippen molar-refractivity contribution in [1.29, 1.82) is 0 Å². The van der Waals surface area contributed by atoms with Crippen LogP contribution in [-0.2, 0) is 0 Å². The lowest BCUT2D eigenvalue weighted by molar-refractivity contribution is 0.256. The lowest BCUT2D eigenvalue weighted by Gasteiger charge is -2.18. The molecule has 32 heavy (non-hydrogen) atoms. The minimum Gasteiger partial charge on any atom is -0.394 e. The van der Waals surface area contributed by atoms with Crippen LogP contribution < -0.4 is 10.6 Å². The Labute approximate surface area is 186 Å². The maximum atomic E-state index is 13.1. The van der Waals surface area contributed by atoms with E-state index in [1.165, 1.54) is 12.1 Å². The third-order valence-corrected chi connectivity index (χ3v) is 5.09. The summed E-state index contributed by atoms with van der Waals surface area (Å²) in [6.07, 6.45) is 5.35. The third-order valence-electron chi connectivity index (χ3n) is 5.09. The van der Waals surface area contributed by atoms with Gasteiger partial charge in [-0.15, -0.1) is 0 Å². The fourth-order valence-corrected chi connectivity index (χ4v) is 3.36. The van der Waals surface area contributed by atoms with E-state index < -0.39 is 0 Å². The van der Waals surface area contributed by atoms with Crippen LogP contribution in [0.3, 0.4) is 0 Å². The van der Waals surface area contributed by atoms with Crippen LogP contribution in [0, 0.1) is 12.7 Å². The highest BCUT2D eigenvalue weighted by Crippen LogP contribution is 2.22. The van der Waals surface area contributed by atoms with Gasteiger partial charge >= 0.3 is 0 Å². The first kappa shape index (κ1) is 21.3. The molecule has 0 saturated heterocycles. The van der Waals surface area contributed by atoms with Crippen LogP contribution in [-0.4, -0.2) is 26.2 Å². The number of hydrogen-bond acceptors (Lipinski definition) is 5. The second-order valence-electron chi connectivity index (χ2n) is 7.42. The predicted molar refractivity (Wildman–Crippen MR) is 124 cm³/mol. The maximum Gasteiger partial charge on any atom is 0.132 e. The van der Waals surface area contributed by atoms with Crippen molar-refractivity contribution in [2.45, 2.75) is 13.0 Å². The Bertz CT molecular complexity index is 1200. The SMILES string of the molecule is C=C(NC(CO)c1ccccc1)c1cn(-c2cc(Nc3ccc(F)cc3)ncc2C)cn1. The summed E-state index contributed by atoms with van der Waals surface area (Å²) in [6, 6.07) is 17.4. The molecule has 0 saturated carbocycles. The topological polar surface area (TPSA) is 75.0 Å². The van der Waals surface area contributed by atoms with Crippen molar-refractivity contribution in [3.63, 3.8) is 0 Å². The van der Waals surface area contributed by atoms with Gasteiger partial charge in [0, 0.05) is 24.1 Å². The van der Waals surface area contributed by atoms with Gasteiger partial charge in [0.2, 0.25) is 0 Å². The average molecular weight is 429 g/mol. The summed E-state index contributed by atoms with van der Waals surface area (Å²) >= 11 is 0. The molecule has 0 aliphatic carbocycles. The number of aryl methyl sites for hydroxylation is 1. The fraction of sp³-hybridized carbons (Fsp3) is 0.120. The van der Waals surface area contributed by atoms with Gasteiger partial charge in [-0.2, -0.15) is 0 Å². The Morgan fingerprint density at radius 2 is 1.88 bits per heavy atom. The summed E-state index contributed by atoms with van der Waals surface area (Å²) in [6.45, 7) is 6.00. The van der Waals surface area contributed by atoms with Crippen LogP contribution >= 0.6 is 0 Å². The van der Waals surface area contributed by atoms with Crippen molar-refractivity contribution >= 4 is 17.2 Å². The minimum atomic E-state index is -0.288. The molecule has 0 fully saturated rings. The molecule has 4 rings (SSSR count). The Hall–Kier alpha value is -3.97. The van der Waals surface area contributed by atoms with Crippen LogP contribution in [0.5, 0.6) is 0 Å². The van der Waals surface area contributed by atoms with E-state index in [4.69, 9.17) is 0 Å². The summed E-state index contributed by atoms with van der Waals surface area (Å²) in [7, 11) is 0. The highest BCUT2D eigenvalue weighted by Gasteiger charge is 2.14. The van der Waals surface area contributed by atoms with Crippen LogP contribution in [0.2, 0.25) is 0 Å². The van der Waals surface area contributed by atoms with Crippen molar-refractivity contribution in [2.75, 3.05) is 11.9 Å². The summed E-state index contributed by atoms with van der Waals surface area (Å²) in [4.78, 5) is 8.89. The molecule has 1 atom stereocenters. The molecule has 162 valence electrons.